The summed E-state index contributed by atoms with van der Waals surface area (Å²) in [5, 5.41) is 31.7. The summed E-state index contributed by atoms with van der Waals surface area (Å²) in [5.74, 6) is -3.88. The molecular weight excluding hydrogens is 394 g/mol. The average Bonchev–Trinajstić information content (AvgIpc) is 2.59. The zero-order valence-corrected chi connectivity index (χ0v) is 16.4. The van der Waals surface area contributed by atoms with E-state index in [1.165, 1.54) is 13.8 Å². The maximum atomic E-state index is 10.2. The molecule has 0 aromatic carbocycles. The van der Waals surface area contributed by atoms with Gasteiger partial charge in [0.2, 0.25) is 0 Å². The molecule has 0 aromatic heterocycles. The Morgan fingerprint density at radius 2 is 1.14 bits per heavy atom. The van der Waals surface area contributed by atoms with Gasteiger partial charge in [-0.05, 0) is 26.7 Å². The van der Waals surface area contributed by atoms with Crippen LogP contribution in [0.5, 0.6) is 0 Å². The highest BCUT2D eigenvalue weighted by molar-refractivity contribution is 5.75. The molecule has 0 bridgehead atoms. The van der Waals surface area contributed by atoms with Crippen molar-refractivity contribution < 1.29 is 39.6 Å². The van der Waals surface area contributed by atoms with Crippen LogP contribution in [-0.4, -0.2) is 81.5 Å². The summed E-state index contributed by atoms with van der Waals surface area (Å²) in [5.41, 5.74) is 29.6. The number of nitrogens with two attached hydrogens (primary N) is 6. The van der Waals surface area contributed by atoms with Gasteiger partial charge in [-0.3, -0.25) is 24.2 Å². The Balaban J connectivity index is -0.000000156. The lowest BCUT2D eigenvalue weighted by molar-refractivity contribution is -0.139. The molecule has 0 aliphatic carbocycles. The van der Waals surface area contributed by atoms with Crippen LogP contribution in [0, 0.1) is 0 Å². The van der Waals surface area contributed by atoms with Crippen molar-refractivity contribution in [2.24, 2.45) is 39.4 Å². The third kappa shape index (κ3) is 40.8. The fourth-order valence-electron chi connectivity index (χ4n) is 0.643. The van der Waals surface area contributed by atoms with Crippen LogP contribution in [0.4, 0.5) is 0 Å². The van der Waals surface area contributed by atoms with Crippen molar-refractivity contribution in [1.29, 1.82) is 0 Å². The first-order valence-corrected chi connectivity index (χ1v) is 8.02. The Morgan fingerprint density at radius 3 is 1.31 bits per heavy atom. The van der Waals surface area contributed by atoms with Crippen LogP contribution in [0.25, 0.3) is 0 Å². The molecule has 16 N–H and O–H groups in total. The third-order valence-corrected chi connectivity index (χ3v) is 2.24. The predicted octanol–water partition coefficient (Wildman–Crippen LogP) is -3.68. The minimum Gasteiger partial charge on any atom is -0.480 e. The van der Waals surface area contributed by atoms with Crippen LogP contribution in [0.1, 0.15) is 26.7 Å². The molecule has 3 atom stereocenters. The standard InChI is InChI=1S/C6H14N4O2.2C3H7NO2.C2H5NO2/c7-4(5(11)12)2-1-3-10-6(8)9;2*1-2(4)3(5)6;3-1-2(4)5/h4H,1-3,7H2,(H,11,12)(H4,8,9,10);2*2H,4H2,1H3,(H,5,6);1,3H2,(H,4,5)/t4-;2*2-;/m000./s1. The van der Waals surface area contributed by atoms with Gasteiger partial charge in [0.25, 0.3) is 0 Å². The van der Waals surface area contributed by atoms with E-state index in [9.17, 15) is 19.2 Å². The summed E-state index contributed by atoms with van der Waals surface area (Å²) < 4.78 is 0. The number of aliphatic carboxylic acids is 4. The first-order valence-electron chi connectivity index (χ1n) is 8.02. The summed E-state index contributed by atoms with van der Waals surface area (Å²) in [6.07, 6.45) is 0.956. The zero-order chi connectivity index (χ0) is 24.2. The van der Waals surface area contributed by atoms with Gasteiger partial charge in [0.15, 0.2) is 5.96 Å². The molecule has 29 heavy (non-hydrogen) atoms. The minimum absolute atomic E-state index is 0.0129. The Bertz CT molecular complexity index is 490. The van der Waals surface area contributed by atoms with Gasteiger partial charge in [0.1, 0.15) is 18.1 Å². The Kier molecular flexibility index (Phi) is 24.6. The number of carboxylic acids is 4. The summed E-state index contributed by atoms with van der Waals surface area (Å²) in [6, 6.07) is -2.28. The Morgan fingerprint density at radius 1 is 0.828 bits per heavy atom. The molecule has 0 fully saturated rings. The highest BCUT2D eigenvalue weighted by atomic mass is 16.4. The second-order valence-corrected chi connectivity index (χ2v) is 5.25. The van der Waals surface area contributed by atoms with Crippen LogP contribution < -0.4 is 34.4 Å². The van der Waals surface area contributed by atoms with Gasteiger partial charge < -0.3 is 54.8 Å². The van der Waals surface area contributed by atoms with Crippen molar-refractivity contribution >= 4 is 29.8 Å². The number of nitrogens with zero attached hydrogens (tertiary/aromatic N) is 1. The second kappa shape index (κ2) is 21.3. The first kappa shape index (κ1) is 33.6. The van der Waals surface area contributed by atoms with Gasteiger partial charge in [0.05, 0.1) is 6.54 Å². The highest BCUT2D eigenvalue weighted by Crippen LogP contribution is 1.94. The normalized spacial score (nSPS) is 11.9. The molecule has 0 spiro atoms. The predicted molar refractivity (Wildman–Crippen MR) is 105 cm³/mol. The van der Waals surface area contributed by atoms with Crippen molar-refractivity contribution in [3.8, 4) is 0 Å². The Hall–Kier alpha value is -3.01. The summed E-state index contributed by atoms with van der Waals surface area (Å²) >= 11 is 0. The molecule has 0 aromatic rings. The molecular formula is C14H33N7O8. The second-order valence-electron chi connectivity index (χ2n) is 5.25. The molecule has 0 saturated carbocycles. The number of hydrogen-bond acceptors (Lipinski definition) is 9. The van der Waals surface area contributed by atoms with Crippen LogP contribution in [0.2, 0.25) is 0 Å². The molecule has 0 unspecified atom stereocenters. The first-order chi connectivity index (χ1) is 13.1. The minimum atomic E-state index is -1.00. The molecule has 15 nitrogen and oxygen atoms in total. The van der Waals surface area contributed by atoms with E-state index < -0.39 is 42.0 Å². The Labute approximate surface area is 167 Å². The molecule has 0 saturated heterocycles. The van der Waals surface area contributed by atoms with E-state index in [4.69, 9.17) is 49.1 Å². The maximum Gasteiger partial charge on any atom is 0.320 e. The van der Waals surface area contributed by atoms with Crippen molar-refractivity contribution in [2.75, 3.05) is 13.1 Å². The maximum absolute atomic E-state index is 10.2. The lowest BCUT2D eigenvalue weighted by Crippen LogP contribution is -2.30. The molecule has 0 rings (SSSR count). The van der Waals surface area contributed by atoms with E-state index in [2.05, 4.69) is 10.7 Å². The average molecular weight is 427 g/mol. The van der Waals surface area contributed by atoms with Crippen molar-refractivity contribution in [1.82, 2.24) is 0 Å². The van der Waals surface area contributed by atoms with E-state index in [-0.39, 0.29) is 12.5 Å². The fourth-order valence-corrected chi connectivity index (χ4v) is 0.643. The van der Waals surface area contributed by atoms with E-state index in [0.29, 0.717) is 19.4 Å². The molecule has 0 heterocycles. The van der Waals surface area contributed by atoms with E-state index in [1.54, 1.807) is 0 Å². The number of rotatable bonds is 8. The largest absolute Gasteiger partial charge is 0.480 e. The number of carbonyl (C=O) groups is 4. The number of carboxylic acid groups (broad SMARTS) is 4. The van der Waals surface area contributed by atoms with E-state index in [1.807, 2.05) is 0 Å². The summed E-state index contributed by atoms with van der Waals surface area (Å²) in [4.78, 5) is 42.3. The molecule has 0 aliphatic heterocycles. The molecule has 0 amide bonds. The monoisotopic (exact) mass is 427 g/mol. The summed E-state index contributed by atoms with van der Waals surface area (Å²) in [7, 11) is 0. The van der Waals surface area contributed by atoms with Crippen molar-refractivity contribution in [2.45, 2.75) is 44.8 Å². The summed E-state index contributed by atoms with van der Waals surface area (Å²) in [6.45, 7) is 2.98. The molecule has 15 heteroatoms. The van der Waals surface area contributed by atoms with Crippen LogP contribution in [0.15, 0.2) is 4.99 Å². The highest BCUT2D eigenvalue weighted by Gasteiger charge is 2.09. The van der Waals surface area contributed by atoms with E-state index in [0.717, 1.165) is 0 Å². The molecule has 0 aliphatic rings. The SMILES string of the molecule is C[C@H](N)C(=O)O.C[C@H](N)C(=O)O.NC(N)=NCCC[C@H](N)C(=O)O.NCC(=O)O. The third-order valence-electron chi connectivity index (χ3n) is 2.24. The van der Waals surface area contributed by atoms with Crippen LogP contribution in [0.3, 0.4) is 0 Å². The van der Waals surface area contributed by atoms with Gasteiger partial charge in [-0.2, -0.15) is 0 Å². The lowest BCUT2D eigenvalue weighted by atomic mass is 10.2. The van der Waals surface area contributed by atoms with Gasteiger partial charge in [-0.15, -0.1) is 0 Å². The fraction of sp³-hybridized carbons (Fsp3) is 0.643. The van der Waals surface area contributed by atoms with Crippen LogP contribution in [-0.2, 0) is 19.2 Å². The quantitative estimate of drug-likeness (QED) is 0.101. The topological polar surface area (TPSA) is 318 Å². The van der Waals surface area contributed by atoms with Crippen molar-refractivity contribution in [3.63, 3.8) is 0 Å². The van der Waals surface area contributed by atoms with Crippen LogP contribution >= 0.6 is 0 Å². The number of hydrogen-bond donors (Lipinski definition) is 10. The number of guanidine groups is 1. The van der Waals surface area contributed by atoms with Gasteiger partial charge in [-0.1, -0.05) is 0 Å². The van der Waals surface area contributed by atoms with E-state index >= 15 is 0 Å². The smallest absolute Gasteiger partial charge is 0.320 e. The van der Waals surface area contributed by atoms with Gasteiger partial charge in [-0.25, -0.2) is 0 Å². The molecule has 0 radical (unpaired) electrons. The zero-order valence-electron chi connectivity index (χ0n) is 16.4. The number of aliphatic imine (C=N–C) groups is 1. The molecule has 172 valence electrons. The van der Waals surface area contributed by atoms with Gasteiger partial charge in [0, 0.05) is 6.54 Å². The van der Waals surface area contributed by atoms with Crippen molar-refractivity contribution in [3.05, 3.63) is 0 Å². The lowest BCUT2D eigenvalue weighted by Gasteiger charge is -2.03. The van der Waals surface area contributed by atoms with Gasteiger partial charge >= 0.3 is 23.9 Å².